The summed E-state index contributed by atoms with van der Waals surface area (Å²) in [6, 6.07) is 9.37. The van der Waals surface area contributed by atoms with E-state index >= 15 is 0 Å². The van der Waals surface area contributed by atoms with E-state index in [0.717, 1.165) is 16.6 Å². The summed E-state index contributed by atoms with van der Waals surface area (Å²) in [7, 11) is 0. The van der Waals surface area contributed by atoms with Gasteiger partial charge in [0.15, 0.2) is 0 Å². The third-order valence-electron chi connectivity index (χ3n) is 5.99. The van der Waals surface area contributed by atoms with Crippen molar-refractivity contribution in [3.05, 3.63) is 58.3 Å². The highest BCUT2D eigenvalue weighted by atomic mass is 16.6. The zero-order valence-corrected chi connectivity index (χ0v) is 19.3. The van der Waals surface area contributed by atoms with Gasteiger partial charge in [0.25, 0.3) is 11.6 Å². The fourth-order valence-corrected chi connectivity index (χ4v) is 4.04. The van der Waals surface area contributed by atoms with Gasteiger partial charge in [0, 0.05) is 48.9 Å². The van der Waals surface area contributed by atoms with Crippen LogP contribution in [-0.2, 0) is 6.54 Å². The molecule has 1 aliphatic heterocycles. The van der Waals surface area contributed by atoms with Gasteiger partial charge in [-0.05, 0) is 51.3 Å². The number of aryl methyl sites for hydroxylation is 1. The Balaban J connectivity index is 1.67. The number of amides is 1. The highest BCUT2D eigenvalue weighted by Crippen LogP contribution is 2.33. The summed E-state index contributed by atoms with van der Waals surface area (Å²) in [6.45, 7) is 5.30. The second kappa shape index (κ2) is 9.40. The van der Waals surface area contributed by atoms with Crippen molar-refractivity contribution >= 4 is 33.9 Å². The molecule has 0 unspecified atom stereocenters. The predicted octanol–water partition coefficient (Wildman–Crippen LogP) is 3.32. The number of nitrogens with zero attached hydrogens (tertiary/aromatic N) is 4. The van der Waals surface area contributed by atoms with Gasteiger partial charge in [-0.3, -0.25) is 19.6 Å². The number of nitro benzene ring substituents is 1. The monoisotopic (exact) mass is 467 g/mol. The number of nitrogens with one attached hydrogen (secondary N) is 1. The zero-order chi connectivity index (χ0) is 24.5. The van der Waals surface area contributed by atoms with Gasteiger partial charge in [-0.2, -0.15) is 5.10 Å². The number of hydrogen-bond acceptors (Lipinski definition) is 7. The van der Waals surface area contributed by atoms with Crippen molar-refractivity contribution in [2.24, 2.45) is 0 Å². The van der Waals surface area contributed by atoms with Crippen LogP contribution in [0.15, 0.2) is 42.6 Å². The summed E-state index contributed by atoms with van der Waals surface area (Å²) >= 11 is 0. The number of aromatic nitrogens is 2. The van der Waals surface area contributed by atoms with Gasteiger partial charge in [0.05, 0.1) is 33.5 Å². The minimum atomic E-state index is -0.810. The maximum Gasteiger partial charge on any atom is 0.270 e. The lowest BCUT2D eigenvalue weighted by Gasteiger charge is -2.32. The third kappa shape index (κ3) is 5.52. The first-order valence-electron chi connectivity index (χ1n) is 11.3. The van der Waals surface area contributed by atoms with Crippen LogP contribution in [0.1, 0.15) is 43.5 Å². The quantitative estimate of drug-likeness (QED) is 0.358. The van der Waals surface area contributed by atoms with Crippen LogP contribution in [0.25, 0.3) is 10.9 Å². The molecule has 0 aliphatic carbocycles. The second-order valence-corrected chi connectivity index (χ2v) is 9.36. The molecule has 180 valence electrons. The Hall–Kier alpha value is -3.50. The van der Waals surface area contributed by atoms with Gasteiger partial charge in [0.1, 0.15) is 0 Å². The molecular formula is C24H29N5O5. The summed E-state index contributed by atoms with van der Waals surface area (Å²) < 4.78 is 1.78. The van der Waals surface area contributed by atoms with E-state index in [9.17, 15) is 25.1 Å². The Morgan fingerprint density at radius 3 is 2.68 bits per heavy atom. The molecule has 3 N–H and O–H groups in total. The van der Waals surface area contributed by atoms with E-state index in [-0.39, 0.29) is 17.4 Å². The maximum atomic E-state index is 13.0. The summed E-state index contributed by atoms with van der Waals surface area (Å²) in [5.41, 5.74) is 1.34. The molecule has 0 atom stereocenters. The Labute approximate surface area is 196 Å². The molecule has 1 aromatic heterocycles. The van der Waals surface area contributed by atoms with Crippen LogP contribution in [0.2, 0.25) is 0 Å². The van der Waals surface area contributed by atoms with Gasteiger partial charge in [-0.15, -0.1) is 0 Å². The number of aliphatic hydroxyl groups is 2. The first-order chi connectivity index (χ1) is 16.1. The molecule has 0 spiro atoms. The van der Waals surface area contributed by atoms with Crippen LogP contribution in [0.4, 0.5) is 17.1 Å². The van der Waals surface area contributed by atoms with Crippen molar-refractivity contribution in [1.82, 2.24) is 9.78 Å². The normalized spacial score (nSPS) is 15.0. The number of piperidine rings is 1. The molecule has 1 amide bonds. The van der Waals surface area contributed by atoms with Crippen LogP contribution < -0.4 is 10.2 Å². The van der Waals surface area contributed by atoms with Crippen LogP contribution >= 0.6 is 0 Å². The van der Waals surface area contributed by atoms with Crippen molar-refractivity contribution in [2.75, 3.05) is 23.3 Å². The fraction of sp³-hybridized carbons (Fsp3) is 0.417. The van der Waals surface area contributed by atoms with E-state index in [0.29, 0.717) is 44.6 Å². The standard InChI is InChI=1S/C24H29N5O5/c1-24(2,32)8-11-28-15-17-13-21(25-23(31)16-4-3-5-18(12-16)29(33)34)22(14-20(17)26-28)27-9-6-19(30)7-10-27/h3-5,12-15,19,30,32H,6-11H2,1-2H3,(H,25,31). The Morgan fingerprint density at radius 1 is 1.26 bits per heavy atom. The number of fused-ring (bicyclic) bond motifs is 1. The Kier molecular flexibility index (Phi) is 6.54. The van der Waals surface area contributed by atoms with Gasteiger partial charge < -0.3 is 20.4 Å². The average molecular weight is 468 g/mol. The molecule has 2 heterocycles. The van der Waals surface area contributed by atoms with Crippen molar-refractivity contribution in [2.45, 2.75) is 51.4 Å². The van der Waals surface area contributed by atoms with Crippen molar-refractivity contribution < 1.29 is 19.9 Å². The van der Waals surface area contributed by atoms with Crippen molar-refractivity contribution in [3.63, 3.8) is 0 Å². The SMILES string of the molecule is CC(C)(O)CCn1cc2cc(NC(=O)c3cccc([N+](=O)[O-])c3)c(N3CCC(O)CC3)cc2n1. The zero-order valence-electron chi connectivity index (χ0n) is 19.3. The van der Waals surface area contributed by atoms with Crippen molar-refractivity contribution in [3.8, 4) is 0 Å². The van der Waals surface area contributed by atoms with Gasteiger partial charge in [-0.1, -0.05) is 6.07 Å². The number of aliphatic hydroxyl groups excluding tert-OH is 1. The fourth-order valence-electron chi connectivity index (χ4n) is 4.04. The number of nitro groups is 1. The number of hydrogen-bond donors (Lipinski definition) is 3. The molecule has 4 rings (SSSR count). The Bertz CT molecular complexity index is 1210. The lowest BCUT2D eigenvalue weighted by atomic mass is 10.1. The summed E-state index contributed by atoms with van der Waals surface area (Å²) in [5.74, 6) is -0.448. The van der Waals surface area contributed by atoms with E-state index in [2.05, 4.69) is 15.3 Å². The summed E-state index contributed by atoms with van der Waals surface area (Å²) in [6.07, 6.45) is 3.30. The molecular weight excluding hydrogens is 438 g/mol. The average Bonchev–Trinajstić information content (AvgIpc) is 3.19. The molecule has 2 aromatic carbocycles. The number of benzene rings is 2. The Morgan fingerprint density at radius 2 is 2.00 bits per heavy atom. The molecule has 1 fully saturated rings. The number of non-ortho nitro benzene ring substituents is 1. The molecule has 34 heavy (non-hydrogen) atoms. The molecule has 0 saturated carbocycles. The van der Waals surface area contributed by atoms with Crippen LogP contribution in [0.5, 0.6) is 0 Å². The molecule has 0 bridgehead atoms. The lowest BCUT2D eigenvalue weighted by Crippen LogP contribution is -2.36. The van der Waals surface area contributed by atoms with E-state index in [1.807, 2.05) is 18.3 Å². The number of anilines is 2. The predicted molar refractivity (Wildman–Crippen MR) is 129 cm³/mol. The van der Waals surface area contributed by atoms with Crippen LogP contribution in [0.3, 0.4) is 0 Å². The minimum absolute atomic E-state index is 0.151. The van der Waals surface area contributed by atoms with Crippen LogP contribution in [0, 0.1) is 10.1 Å². The molecule has 10 heteroatoms. The van der Waals surface area contributed by atoms with Gasteiger partial charge in [0.2, 0.25) is 0 Å². The second-order valence-electron chi connectivity index (χ2n) is 9.36. The highest BCUT2D eigenvalue weighted by Gasteiger charge is 2.22. The molecule has 0 radical (unpaired) electrons. The van der Waals surface area contributed by atoms with Crippen LogP contribution in [-0.4, -0.2) is 55.6 Å². The van der Waals surface area contributed by atoms with E-state index in [4.69, 9.17) is 0 Å². The number of rotatable bonds is 7. The largest absolute Gasteiger partial charge is 0.393 e. The molecule has 1 aliphatic rings. The highest BCUT2D eigenvalue weighted by molar-refractivity contribution is 6.07. The number of carbonyl (C=O) groups is 1. The van der Waals surface area contributed by atoms with Crippen molar-refractivity contribution in [1.29, 1.82) is 0 Å². The van der Waals surface area contributed by atoms with Gasteiger partial charge >= 0.3 is 0 Å². The summed E-state index contributed by atoms with van der Waals surface area (Å²) in [4.78, 5) is 25.7. The third-order valence-corrected chi connectivity index (χ3v) is 5.99. The maximum absolute atomic E-state index is 13.0. The molecule has 3 aromatic rings. The lowest BCUT2D eigenvalue weighted by molar-refractivity contribution is -0.384. The number of carbonyl (C=O) groups excluding carboxylic acids is 1. The van der Waals surface area contributed by atoms with E-state index in [1.165, 1.54) is 24.3 Å². The first-order valence-corrected chi connectivity index (χ1v) is 11.3. The topological polar surface area (TPSA) is 134 Å². The van der Waals surface area contributed by atoms with Gasteiger partial charge in [-0.25, -0.2) is 0 Å². The minimum Gasteiger partial charge on any atom is -0.393 e. The first kappa shape index (κ1) is 23.7. The van der Waals surface area contributed by atoms with E-state index in [1.54, 1.807) is 18.5 Å². The van der Waals surface area contributed by atoms with E-state index < -0.39 is 16.4 Å². The molecule has 10 nitrogen and oxygen atoms in total. The molecule has 1 saturated heterocycles. The smallest absolute Gasteiger partial charge is 0.270 e. The summed E-state index contributed by atoms with van der Waals surface area (Å²) in [5, 5.41) is 39.4.